The minimum absolute atomic E-state index is 0.190. The molecular weight excluding hydrogens is 324 g/mol. The number of carbonyl (C=O) groups excluding carboxylic acids is 1. The highest BCUT2D eigenvalue weighted by atomic mass is 16.5. The minimum atomic E-state index is -0.618. The Bertz CT molecular complexity index is 794. The molecule has 0 spiro atoms. The minimum Gasteiger partial charge on any atom is -0.481 e. The van der Waals surface area contributed by atoms with Gasteiger partial charge < -0.3 is 10.1 Å². The second-order valence-corrected chi connectivity index (χ2v) is 6.18. The summed E-state index contributed by atoms with van der Waals surface area (Å²) < 4.78 is 5.77. The van der Waals surface area contributed by atoms with Crippen LogP contribution in [-0.4, -0.2) is 17.0 Å². The fourth-order valence-corrected chi connectivity index (χ4v) is 2.65. The van der Waals surface area contributed by atoms with E-state index in [4.69, 9.17) is 4.74 Å². The topological polar surface area (TPSA) is 51.2 Å². The van der Waals surface area contributed by atoms with Gasteiger partial charge in [-0.2, -0.15) is 0 Å². The Kier molecular flexibility index (Phi) is 5.64. The molecule has 132 valence electrons. The molecule has 0 bridgehead atoms. The molecule has 0 aliphatic carbocycles. The van der Waals surface area contributed by atoms with Gasteiger partial charge in [-0.3, -0.25) is 9.78 Å². The zero-order valence-electron chi connectivity index (χ0n) is 14.9. The van der Waals surface area contributed by atoms with E-state index >= 15 is 0 Å². The van der Waals surface area contributed by atoms with Crippen molar-refractivity contribution in [3.8, 4) is 5.75 Å². The van der Waals surface area contributed by atoms with Crippen molar-refractivity contribution in [1.82, 2.24) is 10.3 Å². The van der Waals surface area contributed by atoms with Crippen molar-refractivity contribution in [2.75, 3.05) is 0 Å². The fourth-order valence-electron chi connectivity index (χ4n) is 2.65. The van der Waals surface area contributed by atoms with Crippen molar-refractivity contribution in [2.45, 2.75) is 26.0 Å². The van der Waals surface area contributed by atoms with Crippen LogP contribution in [0.2, 0.25) is 0 Å². The molecule has 0 aliphatic heterocycles. The number of aryl methyl sites for hydroxylation is 1. The highest BCUT2D eigenvalue weighted by molar-refractivity contribution is 5.81. The van der Waals surface area contributed by atoms with Crippen LogP contribution >= 0.6 is 0 Å². The summed E-state index contributed by atoms with van der Waals surface area (Å²) in [6.45, 7) is 3.76. The van der Waals surface area contributed by atoms with Gasteiger partial charge in [-0.05, 0) is 43.7 Å². The SMILES string of the molecule is Cc1ccc(OC(C)C(=O)NC(c2ccccc2)c2ccccn2)cc1. The van der Waals surface area contributed by atoms with Crippen LogP contribution < -0.4 is 10.1 Å². The van der Waals surface area contributed by atoms with Crippen LogP contribution in [0.25, 0.3) is 0 Å². The predicted octanol–water partition coefficient (Wildman–Crippen LogP) is 4.06. The molecule has 4 heteroatoms. The summed E-state index contributed by atoms with van der Waals surface area (Å²) in [5.74, 6) is 0.484. The molecule has 1 N–H and O–H groups in total. The van der Waals surface area contributed by atoms with Crippen LogP contribution in [0, 0.1) is 6.92 Å². The molecular formula is C22H22N2O2. The number of carbonyl (C=O) groups is 1. The fraction of sp³-hybridized carbons (Fsp3) is 0.182. The molecule has 0 saturated carbocycles. The molecule has 0 saturated heterocycles. The van der Waals surface area contributed by atoms with Crippen LogP contribution in [0.5, 0.6) is 5.75 Å². The second kappa shape index (κ2) is 8.30. The number of amides is 1. The summed E-state index contributed by atoms with van der Waals surface area (Å²) in [7, 11) is 0. The van der Waals surface area contributed by atoms with E-state index in [1.165, 1.54) is 0 Å². The number of pyridine rings is 1. The number of hydrogen-bond donors (Lipinski definition) is 1. The number of rotatable bonds is 6. The lowest BCUT2D eigenvalue weighted by atomic mass is 10.0. The zero-order chi connectivity index (χ0) is 18.4. The maximum atomic E-state index is 12.7. The molecule has 2 atom stereocenters. The predicted molar refractivity (Wildman–Crippen MR) is 102 cm³/mol. The van der Waals surface area contributed by atoms with Gasteiger partial charge in [0.1, 0.15) is 5.75 Å². The monoisotopic (exact) mass is 346 g/mol. The van der Waals surface area contributed by atoms with Gasteiger partial charge in [0.25, 0.3) is 5.91 Å². The van der Waals surface area contributed by atoms with E-state index in [1.54, 1.807) is 13.1 Å². The van der Waals surface area contributed by atoms with E-state index in [0.29, 0.717) is 5.75 Å². The van der Waals surface area contributed by atoms with Gasteiger partial charge in [-0.1, -0.05) is 54.1 Å². The summed E-state index contributed by atoms with van der Waals surface area (Å²) in [6, 6.07) is 22.8. The third-order valence-corrected chi connectivity index (χ3v) is 4.11. The lowest BCUT2D eigenvalue weighted by Gasteiger charge is -2.22. The standard InChI is InChI=1S/C22H22N2O2/c1-16-11-13-19(14-12-16)26-17(2)22(25)24-21(18-8-4-3-5-9-18)20-10-6-7-15-23-20/h3-15,17,21H,1-2H3,(H,24,25). The van der Waals surface area contributed by atoms with E-state index < -0.39 is 6.10 Å². The summed E-state index contributed by atoms with van der Waals surface area (Å²) >= 11 is 0. The van der Waals surface area contributed by atoms with Gasteiger partial charge in [-0.15, -0.1) is 0 Å². The maximum absolute atomic E-state index is 12.7. The molecule has 0 aliphatic rings. The van der Waals surface area contributed by atoms with E-state index in [9.17, 15) is 4.79 Å². The molecule has 2 unspecified atom stereocenters. The van der Waals surface area contributed by atoms with Crippen LogP contribution in [0.1, 0.15) is 29.8 Å². The summed E-state index contributed by atoms with van der Waals surface area (Å²) in [5.41, 5.74) is 2.91. The number of nitrogens with zero attached hydrogens (tertiary/aromatic N) is 1. The molecule has 0 fully saturated rings. The first-order valence-electron chi connectivity index (χ1n) is 8.63. The number of benzene rings is 2. The van der Waals surface area contributed by atoms with Crippen molar-refractivity contribution >= 4 is 5.91 Å². The molecule has 3 rings (SSSR count). The molecule has 26 heavy (non-hydrogen) atoms. The molecule has 1 aromatic heterocycles. The largest absolute Gasteiger partial charge is 0.481 e. The van der Waals surface area contributed by atoms with Crippen LogP contribution in [0.15, 0.2) is 79.0 Å². The first-order valence-corrected chi connectivity index (χ1v) is 8.63. The van der Waals surface area contributed by atoms with E-state index in [1.807, 2.05) is 79.7 Å². The summed E-state index contributed by atoms with van der Waals surface area (Å²) in [5, 5.41) is 3.05. The highest BCUT2D eigenvalue weighted by Gasteiger charge is 2.22. The van der Waals surface area contributed by atoms with Crippen LogP contribution in [-0.2, 0) is 4.79 Å². The average molecular weight is 346 g/mol. The van der Waals surface area contributed by atoms with E-state index in [2.05, 4.69) is 10.3 Å². The van der Waals surface area contributed by atoms with Gasteiger partial charge in [-0.25, -0.2) is 0 Å². The summed E-state index contributed by atoms with van der Waals surface area (Å²) in [6.07, 6.45) is 1.11. The smallest absolute Gasteiger partial charge is 0.261 e. The highest BCUT2D eigenvalue weighted by Crippen LogP contribution is 2.21. The van der Waals surface area contributed by atoms with Crippen molar-refractivity contribution in [3.05, 3.63) is 95.8 Å². The van der Waals surface area contributed by atoms with Gasteiger partial charge in [0.2, 0.25) is 0 Å². The Balaban J connectivity index is 1.75. The third kappa shape index (κ3) is 4.48. The van der Waals surface area contributed by atoms with Crippen LogP contribution in [0.3, 0.4) is 0 Å². The molecule has 1 heterocycles. The second-order valence-electron chi connectivity index (χ2n) is 6.18. The van der Waals surface area contributed by atoms with Gasteiger partial charge >= 0.3 is 0 Å². The Morgan fingerprint density at radius 3 is 2.31 bits per heavy atom. The number of ether oxygens (including phenoxy) is 1. The Labute approximate surface area is 153 Å². The van der Waals surface area contributed by atoms with Crippen molar-refractivity contribution in [2.24, 2.45) is 0 Å². The molecule has 0 radical (unpaired) electrons. The zero-order valence-corrected chi connectivity index (χ0v) is 14.9. The van der Waals surface area contributed by atoms with Crippen molar-refractivity contribution < 1.29 is 9.53 Å². The Morgan fingerprint density at radius 2 is 1.65 bits per heavy atom. The maximum Gasteiger partial charge on any atom is 0.261 e. The van der Waals surface area contributed by atoms with Crippen molar-refractivity contribution in [1.29, 1.82) is 0 Å². The summed E-state index contributed by atoms with van der Waals surface area (Å²) in [4.78, 5) is 17.1. The van der Waals surface area contributed by atoms with E-state index in [-0.39, 0.29) is 11.9 Å². The molecule has 3 aromatic rings. The van der Waals surface area contributed by atoms with Gasteiger partial charge in [0.15, 0.2) is 6.10 Å². The first-order chi connectivity index (χ1) is 12.6. The number of hydrogen-bond acceptors (Lipinski definition) is 3. The van der Waals surface area contributed by atoms with Crippen LogP contribution in [0.4, 0.5) is 0 Å². The molecule has 2 aromatic carbocycles. The Morgan fingerprint density at radius 1 is 0.962 bits per heavy atom. The number of aromatic nitrogens is 1. The van der Waals surface area contributed by atoms with Gasteiger partial charge in [0.05, 0.1) is 11.7 Å². The lowest BCUT2D eigenvalue weighted by Crippen LogP contribution is -2.39. The average Bonchev–Trinajstić information content (AvgIpc) is 2.69. The first kappa shape index (κ1) is 17.7. The molecule has 4 nitrogen and oxygen atoms in total. The third-order valence-electron chi connectivity index (χ3n) is 4.11. The Hall–Kier alpha value is -3.14. The van der Waals surface area contributed by atoms with E-state index in [0.717, 1.165) is 16.8 Å². The van der Waals surface area contributed by atoms with Crippen molar-refractivity contribution in [3.63, 3.8) is 0 Å². The normalized spacial score (nSPS) is 12.8. The van der Waals surface area contributed by atoms with Gasteiger partial charge in [0, 0.05) is 6.20 Å². The quantitative estimate of drug-likeness (QED) is 0.732. The molecule has 1 amide bonds. The lowest BCUT2D eigenvalue weighted by molar-refractivity contribution is -0.127. The number of nitrogens with one attached hydrogen (secondary N) is 1.